The van der Waals surface area contributed by atoms with Crippen LogP contribution >= 0.6 is 0 Å². The van der Waals surface area contributed by atoms with E-state index in [1.54, 1.807) is 0 Å². The summed E-state index contributed by atoms with van der Waals surface area (Å²) < 4.78 is 0. The van der Waals surface area contributed by atoms with E-state index in [0.717, 1.165) is 18.9 Å². The molecule has 0 unspecified atom stereocenters. The molecule has 1 aliphatic carbocycles. The summed E-state index contributed by atoms with van der Waals surface area (Å²) in [7, 11) is 0. The molecule has 1 fully saturated rings. The number of urea groups is 1. The molecule has 1 heterocycles. The average Bonchev–Trinajstić information content (AvgIpc) is 2.78. The van der Waals surface area contributed by atoms with Crippen molar-refractivity contribution >= 4 is 6.03 Å². The van der Waals surface area contributed by atoms with Crippen molar-refractivity contribution in [3.05, 3.63) is 0 Å². The van der Waals surface area contributed by atoms with Crippen LogP contribution in [0.1, 0.15) is 38.5 Å². The highest BCUT2D eigenvalue weighted by Gasteiger charge is 2.28. The molecule has 2 aliphatic rings. The zero-order valence-corrected chi connectivity index (χ0v) is 8.28. The number of carbonyl (C=O) groups is 1. The van der Waals surface area contributed by atoms with E-state index in [-0.39, 0.29) is 6.03 Å². The van der Waals surface area contributed by atoms with Gasteiger partial charge in [-0.1, -0.05) is 36.2 Å². The Morgan fingerprint density at radius 1 is 1.50 bits per heavy atom. The van der Waals surface area contributed by atoms with E-state index in [9.17, 15) is 4.79 Å². The number of hydrazine groups is 1. The molecule has 0 bridgehead atoms. The molecule has 0 aromatic carbocycles. The van der Waals surface area contributed by atoms with Gasteiger partial charge in [0.1, 0.15) is 11.8 Å². The SMILES string of the molecule is O=C1[N+]=NNN1CCCC1CCCC1. The molecule has 1 saturated carbocycles. The third-order valence-corrected chi connectivity index (χ3v) is 3.00. The van der Waals surface area contributed by atoms with Crippen LogP contribution in [-0.4, -0.2) is 17.6 Å². The van der Waals surface area contributed by atoms with Gasteiger partial charge >= 0.3 is 6.03 Å². The van der Waals surface area contributed by atoms with E-state index in [4.69, 9.17) is 0 Å². The van der Waals surface area contributed by atoms with Gasteiger partial charge in [0, 0.05) is 0 Å². The molecule has 0 aromatic heterocycles. The van der Waals surface area contributed by atoms with Gasteiger partial charge in [-0.3, -0.25) is 0 Å². The fourth-order valence-corrected chi connectivity index (χ4v) is 2.20. The van der Waals surface area contributed by atoms with Gasteiger partial charge in [-0.05, 0) is 18.8 Å². The zero-order valence-electron chi connectivity index (χ0n) is 8.28. The molecule has 0 aromatic rings. The topological polar surface area (TPSA) is 58.8 Å². The Kier molecular flexibility index (Phi) is 2.96. The van der Waals surface area contributed by atoms with Crippen molar-refractivity contribution in [3.8, 4) is 0 Å². The van der Waals surface area contributed by atoms with Gasteiger partial charge < -0.3 is 0 Å². The van der Waals surface area contributed by atoms with Crippen LogP contribution in [0.4, 0.5) is 4.79 Å². The Labute approximate surface area is 83.5 Å². The monoisotopic (exact) mass is 196 g/mol. The first-order chi connectivity index (χ1) is 6.86. The molecule has 0 spiro atoms. The maximum atomic E-state index is 11.0. The standard InChI is InChI=1S/C9H16N4O/c14-9-10-11-12-13(9)7-3-6-8-4-1-2-5-8/h8,12H,1-7H2/q+1. The van der Waals surface area contributed by atoms with Crippen LogP contribution in [0.2, 0.25) is 0 Å². The third kappa shape index (κ3) is 2.21. The van der Waals surface area contributed by atoms with E-state index in [1.807, 2.05) is 0 Å². The van der Waals surface area contributed by atoms with Crippen LogP contribution in [0, 0.1) is 5.92 Å². The molecule has 1 aliphatic heterocycles. The van der Waals surface area contributed by atoms with Crippen molar-refractivity contribution in [3.63, 3.8) is 0 Å². The maximum absolute atomic E-state index is 11.0. The fourth-order valence-electron chi connectivity index (χ4n) is 2.20. The molecule has 0 saturated heterocycles. The lowest BCUT2D eigenvalue weighted by molar-refractivity contribution is 0.193. The fraction of sp³-hybridized carbons (Fsp3) is 0.889. The normalized spacial score (nSPS) is 22.0. The van der Waals surface area contributed by atoms with E-state index < -0.39 is 0 Å². The summed E-state index contributed by atoms with van der Waals surface area (Å²) in [5.41, 5.74) is 2.57. The van der Waals surface area contributed by atoms with Gasteiger partial charge in [0.25, 0.3) is 0 Å². The summed E-state index contributed by atoms with van der Waals surface area (Å²) in [4.78, 5) is 11.0. The molecule has 5 nitrogen and oxygen atoms in total. The first kappa shape index (κ1) is 9.43. The third-order valence-electron chi connectivity index (χ3n) is 3.00. The van der Waals surface area contributed by atoms with Crippen molar-refractivity contribution in [2.75, 3.05) is 6.54 Å². The van der Waals surface area contributed by atoms with Gasteiger partial charge in [0.2, 0.25) is 0 Å². The Morgan fingerprint density at radius 2 is 2.29 bits per heavy atom. The first-order valence-electron chi connectivity index (χ1n) is 5.34. The summed E-state index contributed by atoms with van der Waals surface area (Å²) in [5.74, 6) is 0.890. The van der Waals surface area contributed by atoms with Crippen LogP contribution in [0.3, 0.4) is 0 Å². The lowest BCUT2D eigenvalue weighted by atomic mass is 10.0. The summed E-state index contributed by atoms with van der Waals surface area (Å²) in [6, 6.07) is -0.267. The van der Waals surface area contributed by atoms with Gasteiger partial charge in [0.15, 0.2) is 0 Å². The van der Waals surface area contributed by atoms with Gasteiger partial charge in [-0.25, -0.2) is 4.79 Å². The second kappa shape index (κ2) is 4.39. The van der Waals surface area contributed by atoms with Crippen molar-refractivity contribution in [1.82, 2.24) is 15.7 Å². The van der Waals surface area contributed by atoms with Crippen molar-refractivity contribution in [2.24, 2.45) is 11.1 Å². The highest BCUT2D eigenvalue weighted by Crippen LogP contribution is 2.28. The maximum Gasteiger partial charge on any atom is 0.528 e. The molecule has 14 heavy (non-hydrogen) atoms. The van der Waals surface area contributed by atoms with Crippen molar-refractivity contribution in [2.45, 2.75) is 38.5 Å². The van der Waals surface area contributed by atoms with Crippen LogP contribution < -0.4 is 10.6 Å². The molecule has 2 rings (SSSR count). The van der Waals surface area contributed by atoms with E-state index >= 15 is 0 Å². The molecular weight excluding hydrogens is 180 g/mol. The minimum absolute atomic E-state index is 0.267. The number of amides is 2. The second-order valence-electron chi connectivity index (χ2n) is 4.03. The minimum Gasteiger partial charge on any atom is -0.204 e. The van der Waals surface area contributed by atoms with Gasteiger partial charge in [-0.15, -0.1) is 0 Å². The molecule has 1 N–H and O–H groups in total. The summed E-state index contributed by atoms with van der Waals surface area (Å²) in [5, 5.41) is 8.28. The first-order valence-corrected chi connectivity index (χ1v) is 5.34. The quantitative estimate of drug-likeness (QED) is 0.742. The van der Waals surface area contributed by atoms with Crippen molar-refractivity contribution in [1.29, 1.82) is 0 Å². The molecule has 5 heteroatoms. The van der Waals surface area contributed by atoms with Crippen LogP contribution in [0.5, 0.6) is 0 Å². The van der Waals surface area contributed by atoms with Crippen LogP contribution in [0.15, 0.2) is 5.22 Å². The zero-order chi connectivity index (χ0) is 9.80. The van der Waals surface area contributed by atoms with Crippen LogP contribution in [0.25, 0.3) is 0 Å². The number of carbonyl (C=O) groups excluding carboxylic acids is 1. The van der Waals surface area contributed by atoms with E-state index in [1.165, 1.54) is 37.1 Å². The average molecular weight is 196 g/mol. The molecular formula is C9H16N4O+. The number of hydrogen-bond acceptors (Lipinski definition) is 3. The Bertz CT molecular complexity index is 235. The second-order valence-corrected chi connectivity index (χ2v) is 4.03. The largest absolute Gasteiger partial charge is 0.528 e. The molecule has 77 valence electrons. The van der Waals surface area contributed by atoms with Gasteiger partial charge in [-0.2, -0.15) is 0 Å². The lowest BCUT2D eigenvalue weighted by Gasteiger charge is -2.08. The predicted octanol–water partition coefficient (Wildman–Crippen LogP) is 1.60. The van der Waals surface area contributed by atoms with Gasteiger partial charge in [0.05, 0.1) is 5.11 Å². The minimum atomic E-state index is -0.267. The predicted molar refractivity (Wildman–Crippen MR) is 51.0 cm³/mol. The summed E-state index contributed by atoms with van der Waals surface area (Å²) in [6.45, 7) is 0.725. The van der Waals surface area contributed by atoms with Crippen molar-refractivity contribution < 1.29 is 4.79 Å². The highest BCUT2D eigenvalue weighted by atomic mass is 16.2. The lowest BCUT2D eigenvalue weighted by Crippen LogP contribution is -2.35. The Morgan fingerprint density at radius 3 is 2.93 bits per heavy atom. The highest BCUT2D eigenvalue weighted by molar-refractivity contribution is 5.72. The van der Waals surface area contributed by atoms with Crippen LogP contribution in [-0.2, 0) is 0 Å². The van der Waals surface area contributed by atoms with E-state index in [2.05, 4.69) is 15.9 Å². The molecule has 1 radical (unpaired) electrons. The smallest absolute Gasteiger partial charge is 0.204 e. The molecule has 2 amide bonds. The summed E-state index contributed by atoms with van der Waals surface area (Å²) >= 11 is 0. The van der Waals surface area contributed by atoms with E-state index in [0.29, 0.717) is 0 Å². The number of nitrogens with one attached hydrogen (secondary N) is 1. The summed E-state index contributed by atoms with van der Waals surface area (Å²) in [6.07, 6.45) is 7.79. The Balaban J connectivity index is 1.60. The number of rotatable bonds is 4. The molecule has 0 atom stereocenters. The Hall–Kier alpha value is -1.13. The number of hydrogen-bond donors (Lipinski definition) is 1. The number of nitrogens with zero attached hydrogens (tertiary/aromatic N) is 3.